The van der Waals surface area contributed by atoms with Gasteiger partial charge in [0.1, 0.15) is 5.75 Å². The van der Waals surface area contributed by atoms with Crippen LogP contribution in [0.2, 0.25) is 0 Å². The van der Waals surface area contributed by atoms with E-state index < -0.39 is 22.8 Å². The molecule has 2 heterocycles. The Morgan fingerprint density at radius 2 is 1.97 bits per heavy atom. The molecule has 0 amide bonds. The van der Waals surface area contributed by atoms with Crippen LogP contribution in [0.25, 0.3) is 22.2 Å². The highest BCUT2D eigenvalue weighted by atomic mass is 16.4. The first-order valence-electron chi connectivity index (χ1n) is 10.4. The molecule has 0 atom stereocenters. The third-order valence-electron chi connectivity index (χ3n) is 6.44. The van der Waals surface area contributed by atoms with Crippen LogP contribution in [0.5, 0.6) is 5.75 Å². The molecule has 7 nitrogen and oxygen atoms in total. The fraction of sp³-hybridized carbons (Fsp3) is 0.391. The molecule has 30 heavy (non-hydrogen) atoms. The van der Waals surface area contributed by atoms with Gasteiger partial charge in [-0.3, -0.25) is 9.69 Å². The molecule has 0 bridgehead atoms. The predicted molar refractivity (Wildman–Crippen MR) is 114 cm³/mol. The van der Waals surface area contributed by atoms with Gasteiger partial charge in [-0.25, -0.2) is 4.79 Å². The maximum atomic E-state index is 12.4. The summed E-state index contributed by atoms with van der Waals surface area (Å²) in [5.74, 6) is -1.74. The zero-order chi connectivity index (χ0) is 21.2. The van der Waals surface area contributed by atoms with Crippen molar-refractivity contribution >= 4 is 16.9 Å². The van der Waals surface area contributed by atoms with Gasteiger partial charge in [0.05, 0.1) is 5.69 Å². The maximum absolute atomic E-state index is 12.4. The van der Waals surface area contributed by atoms with Gasteiger partial charge in [-0.1, -0.05) is 6.07 Å². The molecule has 3 aromatic rings. The van der Waals surface area contributed by atoms with Gasteiger partial charge in [0.15, 0.2) is 5.56 Å². The van der Waals surface area contributed by atoms with Crippen molar-refractivity contribution in [3.63, 3.8) is 0 Å². The number of aryl methyl sites for hydroxylation is 1. The van der Waals surface area contributed by atoms with Crippen LogP contribution < -0.4 is 5.56 Å². The number of carboxylic acid groups (broad SMARTS) is 1. The average Bonchev–Trinajstić information content (AvgIpc) is 3.59. The highest BCUT2D eigenvalue weighted by Gasteiger charge is 2.34. The first-order chi connectivity index (χ1) is 14.3. The summed E-state index contributed by atoms with van der Waals surface area (Å²) in [6.45, 7) is 0.878. The van der Waals surface area contributed by atoms with E-state index in [4.69, 9.17) is 0 Å². The summed E-state index contributed by atoms with van der Waals surface area (Å²) in [6.07, 6.45) is 4.27. The lowest BCUT2D eigenvalue weighted by Gasteiger charge is -2.16. The van der Waals surface area contributed by atoms with Crippen LogP contribution in [-0.2, 0) is 13.6 Å². The third kappa shape index (κ3) is 3.10. The van der Waals surface area contributed by atoms with E-state index >= 15 is 0 Å². The van der Waals surface area contributed by atoms with Crippen LogP contribution >= 0.6 is 0 Å². The molecule has 2 aliphatic carbocycles. The second kappa shape index (κ2) is 6.74. The second-order valence-electron chi connectivity index (χ2n) is 8.66. The maximum Gasteiger partial charge on any atom is 0.345 e. The van der Waals surface area contributed by atoms with Gasteiger partial charge in [-0.2, -0.15) is 0 Å². The van der Waals surface area contributed by atoms with Crippen LogP contribution in [0, 0.1) is 0 Å². The van der Waals surface area contributed by atoms with E-state index in [-0.39, 0.29) is 5.92 Å². The Bertz CT molecular complexity index is 1230. The van der Waals surface area contributed by atoms with Gasteiger partial charge in [-0.15, -0.1) is 0 Å². The number of benzene rings is 1. The van der Waals surface area contributed by atoms with Gasteiger partial charge in [-0.05, 0) is 62.4 Å². The van der Waals surface area contributed by atoms with Crippen LogP contribution in [-0.4, -0.2) is 43.7 Å². The fourth-order valence-corrected chi connectivity index (χ4v) is 4.41. The lowest BCUT2D eigenvalue weighted by molar-refractivity contribution is 0.0691. The Morgan fingerprint density at radius 3 is 2.60 bits per heavy atom. The Hall–Kier alpha value is -3.06. The fourth-order valence-electron chi connectivity index (χ4n) is 4.41. The second-order valence-corrected chi connectivity index (χ2v) is 8.66. The topological polar surface area (TPSA) is 98.6 Å². The highest BCUT2D eigenvalue weighted by Crippen LogP contribution is 2.48. The first kappa shape index (κ1) is 18.9. The number of nitrogens with zero attached hydrogens (tertiary/aromatic N) is 2. The minimum absolute atomic E-state index is 0.0733. The van der Waals surface area contributed by atoms with Gasteiger partial charge < -0.3 is 19.8 Å². The molecular weight excluding hydrogens is 382 g/mol. The molecule has 7 heteroatoms. The molecule has 156 valence electrons. The molecule has 1 aromatic carbocycles. The smallest absolute Gasteiger partial charge is 0.345 e. The zero-order valence-corrected chi connectivity index (χ0v) is 17.1. The number of nitrogens with one attached hydrogen (secondary N) is 1. The lowest BCUT2D eigenvalue weighted by Crippen LogP contribution is -2.21. The van der Waals surface area contributed by atoms with Crippen LogP contribution in [0.1, 0.15) is 53.2 Å². The van der Waals surface area contributed by atoms with Crippen LogP contribution in [0.3, 0.4) is 0 Å². The molecule has 3 N–H and O–H groups in total. The number of aromatic nitrogens is 2. The Morgan fingerprint density at radius 1 is 1.23 bits per heavy atom. The van der Waals surface area contributed by atoms with E-state index in [2.05, 4.69) is 34.6 Å². The summed E-state index contributed by atoms with van der Waals surface area (Å²) in [5.41, 5.74) is 2.80. The van der Waals surface area contributed by atoms with Crippen molar-refractivity contribution in [2.45, 2.75) is 44.2 Å². The third-order valence-corrected chi connectivity index (χ3v) is 6.44. The van der Waals surface area contributed by atoms with Crippen molar-refractivity contribution < 1.29 is 15.0 Å². The zero-order valence-electron chi connectivity index (χ0n) is 17.1. The summed E-state index contributed by atoms with van der Waals surface area (Å²) >= 11 is 0. The number of fused-ring (bicyclic) bond motifs is 1. The van der Waals surface area contributed by atoms with E-state index in [9.17, 15) is 19.8 Å². The number of hydrogen-bond donors (Lipinski definition) is 3. The van der Waals surface area contributed by atoms with Crippen molar-refractivity contribution in [1.29, 1.82) is 0 Å². The van der Waals surface area contributed by atoms with Gasteiger partial charge in [0, 0.05) is 41.8 Å². The summed E-state index contributed by atoms with van der Waals surface area (Å²) in [7, 11) is 4.21. The number of pyridine rings is 1. The summed E-state index contributed by atoms with van der Waals surface area (Å²) in [5, 5.41) is 21.0. The van der Waals surface area contributed by atoms with Crippen molar-refractivity contribution in [2.75, 3.05) is 7.05 Å². The molecule has 0 radical (unpaired) electrons. The normalized spacial score (nSPS) is 16.5. The summed E-state index contributed by atoms with van der Waals surface area (Å²) in [6, 6.07) is 8.79. The Balaban J connectivity index is 1.61. The van der Waals surface area contributed by atoms with Crippen LogP contribution in [0.15, 0.2) is 29.1 Å². The van der Waals surface area contributed by atoms with Crippen molar-refractivity contribution in [3.8, 4) is 17.0 Å². The van der Waals surface area contributed by atoms with E-state index in [1.807, 2.05) is 18.2 Å². The molecule has 2 fully saturated rings. The van der Waals surface area contributed by atoms with Crippen molar-refractivity contribution in [3.05, 3.63) is 51.4 Å². The molecule has 2 aliphatic rings. The first-order valence-corrected chi connectivity index (χ1v) is 10.4. The Kier molecular flexibility index (Phi) is 4.25. The predicted octanol–water partition coefficient (Wildman–Crippen LogP) is 3.41. The van der Waals surface area contributed by atoms with Crippen molar-refractivity contribution in [1.82, 2.24) is 14.5 Å². The van der Waals surface area contributed by atoms with Crippen molar-refractivity contribution in [2.24, 2.45) is 7.05 Å². The molecule has 0 unspecified atom stereocenters. The minimum atomic E-state index is -1.41. The van der Waals surface area contributed by atoms with Gasteiger partial charge in [0.2, 0.25) is 0 Å². The molecule has 0 aliphatic heterocycles. The summed E-state index contributed by atoms with van der Waals surface area (Å²) in [4.78, 5) is 28.9. The molecule has 0 spiro atoms. The largest absolute Gasteiger partial charge is 0.506 e. The lowest BCUT2D eigenvalue weighted by atomic mass is 9.98. The van der Waals surface area contributed by atoms with E-state index in [0.29, 0.717) is 17.3 Å². The quantitative estimate of drug-likeness (QED) is 0.582. The molecule has 2 aromatic heterocycles. The van der Waals surface area contributed by atoms with E-state index in [1.54, 1.807) is 0 Å². The monoisotopic (exact) mass is 407 g/mol. The summed E-state index contributed by atoms with van der Waals surface area (Å²) < 4.78 is 2.19. The molecule has 5 rings (SSSR count). The number of carbonyl (C=O) groups is 1. The number of rotatable bonds is 6. The van der Waals surface area contributed by atoms with E-state index in [0.717, 1.165) is 35.9 Å². The number of aromatic carboxylic acids is 1. The van der Waals surface area contributed by atoms with E-state index in [1.165, 1.54) is 18.5 Å². The number of H-pyrrole nitrogens is 1. The van der Waals surface area contributed by atoms with Crippen LogP contribution in [0.4, 0.5) is 0 Å². The number of aromatic amines is 1. The standard InChI is InChI=1S/C23H25N3O4/c1-25(15-6-7-15)11-16-10-14-9-13(5-8-17(14)26(16)2)20-18(12-3-4-12)21(27)19(23(29)30)22(28)24-20/h5,8-10,12,15H,3-4,6-7,11H2,1-2H3,(H,29,30)(H2,24,27,28). The molecule has 0 saturated heterocycles. The Labute approximate surface area is 173 Å². The number of carboxylic acids is 1. The number of aromatic hydroxyl groups is 1. The van der Waals surface area contributed by atoms with Gasteiger partial charge in [0.25, 0.3) is 5.56 Å². The average molecular weight is 407 g/mol. The van der Waals surface area contributed by atoms with Gasteiger partial charge >= 0.3 is 5.97 Å². The molecular formula is C23H25N3O4. The SMILES string of the molecule is CN(Cc1cc2cc(-c3[nH]c(=O)c(C(=O)O)c(O)c3C3CC3)ccc2n1C)C1CC1. The molecule has 2 saturated carbocycles. The minimum Gasteiger partial charge on any atom is -0.506 e. The highest BCUT2D eigenvalue weighted by molar-refractivity contribution is 5.93. The number of hydrogen-bond acceptors (Lipinski definition) is 4.